The molecule has 0 unspecified atom stereocenters. The number of pyridine rings is 1. The minimum absolute atomic E-state index is 0.120. The predicted octanol–water partition coefficient (Wildman–Crippen LogP) is 3.84. The monoisotopic (exact) mass is 631 g/mol. The van der Waals surface area contributed by atoms with E-state index in [4.69, 9.17) is 20.6 Å². The SMILES string of the molecule is COc1ncc(-c2nn([C@@H](C)c3nc4scc(C)n4c(=O)c3-c3cccc(C)c3)c3ncnc(N)c23)cc1N(C)S(C)(=O)=O. The number of thiazole rings is 1. The van der Waals surface area contributed by atoms with E-state index in [0.29, 0.717) is 38.5 Å². The van der Waals surface area contributed by atoms with Crippen LogP contribution in [-0.4, -0.2) is 62.9 Å². The molecular weight excluding hydrogens is 603 g/mol. The van der Waals surface area contributed by atoms with Gasteiger partial charge in [0.05, 0.1) is 36.1 Å². The van der Waals surface area contributed by atoms with Crippen LogP contribution in [0.15, 0.2) is 53.0 Å². The fourth-order valence-electron chi connectivity index (χ4n) is 5.19. The minimum atomic E-state index is -3.64. The summed E-state index contributed by atoms with van der Waals surface area (Å²) in [6.45, 7) is 5.74. The van der Waals surface area contributed by atoms with E-state index in [1.165, 1.54) is 38.0 Å². The Morgan fingerprint density at radius 1 is 1.11 bits per heavy atom. The van der Waals surface area contributed by atoms with Crippen molar-refractivity contribution in [2.24, 2.45) is 0 Å². The number of rotatable bonds is 7. The number of fused-ring (bicyclic) bond motifs is 2. The second kappa shape index (κ2) is 10.7. The van der Waals surface area contributed by atoms with E-state index >= 15 is 0 Å². The van der Waals surface area contributed by atoms with E-state index in [0.717, 1.165) is 27.4 Å². The van der Waals surface area contributed by atoms with Crippen LogP contribution in [0.4, 0.5) is 11.5 Å². The number of anilines is 2. The van der Waals surface area contributed by atoms with Crippen molar-refractivity contribution in [3.05, 3.63) is 75.5 Å². The molecule has 0 radical (unpaired) electrons. The molecule has 0 fully saturated rings. The average molecular weight is 632 g/mol. The molecule has 15 heteroatoms. The second-order valence-electron chi connectivity index (χ2n) is 10.5. The van der Waals surface area contributed by atoms with Crippen molar-refractivity contribution in [3.8, 4) is 28.3 Å². The van der Waals surface area contributed by atoms with Crippen LogP contribution in [0.2, 0.25) is 0 Å². The van der Waals surface area contributed by atoms with Gasteiger partial charge >= 0.3 is 0 Å². The molecule has 6 aromatic rings. The predicted molar refractivity (Wildman–Crippen MR) is 171 cm³/mol. The molecule has 6 rings (SSSR count). The smallest absolute Gasteiger partial charge is 0.266 e. The number of nitrogens with zero attached hydrogens (tertiary/aromatic N) is 8. The largest absolute Gasteiger partial charge is 0.479 e. The zero-order valence-corrected chi connectivity index (χ0v) is 26.4. The maximum absolute atomic E-state index is 14.0. The normalized spacial score (nSPS) is 12.6. The maximum Gasteiger partial charge on any atom is 0.266 e. The van der Waals surface area contributed by atoms with Crippen molar-refractivity contribution < 1.29 is 13.2 Å². The quantitative estimate of drug-likeness (QED) is 0.274. The number of nitrogens with two attached hydrogens (primary N) is 1. The number of aromatic nitrogens is 7. The third-order valence-electron chi connectivity index (χ3n) is 7.49. The molecule has 44 heavy (non-hydrogen) atoms. The van der Waals surface area contributed by atoms with Gasteiger partial charge in [-0.2, -0.15) is 5.10 Å². The number of benzene rings is 1. The first kappa shape index (κ1) is 29.2. The summed E-state index contributed by atoms with van der Waals surface area (Å²) in [6.07, 6.45) is 3.95. The summed E-state index contributed by atoms with van der Waals surface area (Å²) in [5, 5.41) is 7.27. The highest BCUT2D eigenvalue weighted by Gasteiger charge is 2.28. The van der Waals surface area contributed by atoms with Gasteiger partial charge in [0.15, 0.2) is 10.6 Å². The van der Waals surface area contributed by atoms with E-state index < -0.39 is 16.1 Å². The number of nitrogen functional groups attached to an aromatic ring is 1. The summed E-state index contributed by atoms with van der Waals surface area (Å²) in [5.41, 5.74) is 11.2. The van der Waals surface area contributed by atoms with Gasteiger partial charge in [0.1, 0.15) is 23.5 Å². The summed E-state index contributed by atoms with van der Waals surface area (Å²) in [6, 6.07) is 8.76. The van der Waals surface area contributed by atoms with Crippen LogP contribution in [0.3, 0.4) is 0 Å². The molecule has 0 aliphatic heterocycles. The molecule has 0 saturated heterocycles. The fraction of sp³-hybridized carbons (Fsp3) is 0.241. The van der Waals surface area contributed by atoms with E-state index in [-0.39, 0.29) is 22.9 Å². The van der Waals surface area contributed by atoms with Crippen molar-refractivity contribution in [3.63, 3.8) is 0 Å². The van der Waals surface area contributed by atoms with Gasteiger partial charge < -0.3 is 10.5 Å². The lowest BCUT2D eigenvalue weighted by Gasteiger charge is -2.19. The van der Waals surface area contributed by atoms with Gasteiger partial charge in [-0.05, 0) is 32.4 Å². The molecule has 0 spiro atoms. The van der Waals surface area contributed by atoms with Crippen LogP contribution in [-0.2, 0) is 10.0 Å². The van der Waals surface area contributed by atoms with Crippen LogP contribution in [0, 0.1) is 13.8 Å². The van der Waals surface area contributed by atoms with Gasteiger partial charge in [-0.1, -0.05) is 29.8 Å². The molecular formula is C29H29N9O4S2. The third-order valence-corrected chi connectivity index (χ3v) is 9.63. The fourth-order valence-corrected chi connectivity index (χ4v) is 6.54. The molecule has 1 atom stereocenters. The van der Waals surface area contributed by atoms with Gasteiger partial charge in [-0.3, -0.25) is 13.5 Å². The minimum Gasteiger partial charge on any atom is -0.479 e. The molecule has 1 aromatic carbocycles. The Labute approximate surface area is 256 Å². The van der Waals surface area contributed by atoms with E-state index in [1.54, 1.807) is 15.1 Å². The van der Waals surface area contributed by atoms with Gasteiger partial charge in [0, 0.05) is 29.9 Å². The Morgan fingerprint density at radius 3 is 2.59 bits per heavy atom. The number of methoxy groups -OCH3 is 1. The maximum atomic E-state index is 14.0. The molecule has 0 aliphatic rings. The summed E-state index contributed by atoms with van der Waals surface area (Å²) < 4.78 is 34.5. The first-order valence-corrected chi connectivity index (χ1v) is 16.2. The Hall–Kier alpha value is -4.89. The Balaban J connectivity index is 1.61. The number of hydrogen-bond donors (Lipinski definition) is 1. The molecule has 13 nitrogen and oxygen atoms in total. The number of sulfonamides is 1. The summed E-state index contributed by atoms with van der Waals surface area (Å²) in [4.78, 5) is 32.7. The first-order valence-electron chi connectivity index (χ1n) is 13.5. The summed E-state index contributed by atoms with van der Waals surface area (Å²) in [7, 11) is -0.817. The molecule has 0 saturated carbocycles. The van der Waals surface area contributed by atoms with E-state index in [2.05, 4.69) is 15.0 Å². The molecule has 0 amide bonds. The molecule has 226 valence electrons. The highest BCUT2D eigenvalue weighted by Crippen LogP contribution is 2.38. The van der Waals surface area contributed by atoms with Gasteiger partial charge in [-0.25, -0.2) is 33.0 Å². The summed E-state index contributed by atoms with van der Waals surface area (Å²) >= 11 is 1.38. The van der Waals surface area contributed by atoms with Crippen molar-refractivity contribution in [2.45, 2.75) is 26.8 Å². The molecule has 5 aromatic heterocycles. The highest BCUT2D eigenvalue weighted by atomic mass is 32.2. The van der Waals surface area contributed by atoms with Crippen LogP contribution in [0.5, 0.6) is 5.88 Å². The Bertz CT molecular complexity index is 2260. The lowest BCUT2D eigenvalue weighted by Crippen LogP contribution is -2.25. The van der Waals surface area contributed by atoms with E-state index in [9.17, 15) is 13.2 Å². The lowest BCUT2D eigenvalue weighted by molar-refractivity contribution is 0.399. The molecule has 0 aliphatic carbocycles. The Morgan fingerprint density at radius 2 is 1.89 bits per heavy atom. The van der Waals surface area contributed by atoms with Crippen LogP contribution in [0.1, 0.15) is 29.9 Å². The average Bonchev–Trinajstić information content (AvgIpc) is 3.57. The number of ether oxygens (including phenoxy) is 1. The van der Waals surface area contributed by atoms with Gasteiger partial charge in [0.2, 0.25) is 15.9 Å². The van der Waals surface area contributed by atoms with Crippen LogP contribution < -0.4 is 20.3 Å². The third kappa shape index (κ3) is 4.73. The van der Waals surface area contributed by atoms with E-state index in [1.807, 2.05) is 50.4 Å². The second-order valence-corrected chi connectivity index (χ2v) is 13.3. The van der Waals surface area contributed by atoms with Crippen LogP contribution >= 0.6 is 11.3 Å². The van der Waals surface area contributed by atoms with Crippen LogP contribution in [0.25, 0.3) is 38.4 Å². The van der Waals surface area contributed by atoms with Crippen molar-refractivity contribution in [1.29, 1.82) is 0 Å². The Kier molecular flexibility index (Phi) is 7.08. The molecule has 5 heterocycles. The lowest BCUT2D eigenvalue weighted by atomic mass is 10.00. The topological polar surface area (TPSA) is 163 Å². The standard InChI is InChI=1S/C29H29N9O4S2/c1-15-8-7-9-18(10-15)21-23(34-29-37(28(21)39)16(2)13-43-29)17(3)38-26-22(25(30)32-14-33-26)24(35-38)19-11-20(27(42-5)31-12-19)36(4)44(6,40)41/h7-14,17H,1-6H3,(H2,30,32,33)/t17-/m0/s1. The van der Waals surface area contributed by atoms with Crippen molar-refractivity contribution in [2.75, 3.05) is 30.5 Å². The number of hydrogen-bond acceptors (Lipinski definition) is 11. The number of aryl methyl sites for hydroxylation is 2. The summed E-state index contributed by atoms with van der Waals surface area (Å²) in [5.74, 6) is 0.295. The zero-order valence-electron chi connectivity index (χ0n) is 24.8. The van der Waals surface area contributed by atoms with Gasteiger partial charge in [0.25, 0.3) is 5.56 Å². The molecule has 2 N–H and O–H groups in total. The first-order chi connectivity index (χ1) is 20.9. The highest BCUT2D eigenvalue weighted by molar-refractivity contribution is 7.92. The van der Waals surface area contributed by atoms with Gasteiger partial charge in [-0.15, -0.1) is 11.3 Å². The molecule has 0 bridgehead atoms. The van der Waals surface area contributed by atoms with Crippen molar-refractivity contribution >= 4 is 48.9 Å². The zero-order chi connectivity index (χ0) is 31.5. The van der Waals surface area contributed by atoms with Crippen molar-refractivity contribution in [1.82, 2.24) is 34.1 Å².